The number of rotatable bonds is 2. The number of hydrogen-bond donors (Lipinski definition) is 0. The molecule has 0 spiro atoms. The summed E-state index contributed by atoms with van der Waals surface area (Å²) in [6, 6.07) is 25.8. The summed E-state index contributed by atoms with van der Waals surface area (Å²) in [7, 11) is -0.794. The molecule has 0 amide bonds. The summed E-state index contributed by atoms with van der Waals surface area (Å²) < 4.78 is 24.4. The van der Waals surface area contributed by atoms with Gasteiger partial charge in [-0.15, -0.1) is 0 Å². The van der Waals surface area contributed by atoms with Gasteiger partial charge in [-0.3, -0.25) is 0 Å². The molecular weight excluding hydrogens is 398 g/mol. The Balaban J connectivity index is 1.76. The van der Waals surface area contributed by atoms with Crippen molar-refractivity contribution >= 4 is 68.3 Å². The van der Waals surface area contributed by atoms with E-state index in [2.05, 4.69) is 72.8 Å². The van der Waals surface area contributed by atoms with Crippen molar-refractivity contribution in [2.24, 2.45) is 0 Å². The Bertz CT molecular complexity index is 1390. The monoisotopic (exact) mass is 418 g/mol. The van der Waals surface area contributed by atoms with E-state index in [1.54, 1.807) is 0 Å². The van der Waals surface area contributed by atoms with Crippen molar-refractivity contribution in [3.05, 3.63) is 72.8 Å². The van der Waals surface area contributed by atoms with E-state index in [0.29, 0.717) is 26.4 Å². The molecular formula is C26H20B2O4. The number of fused-ring (bicyclic) bond motifs is 6. The lowest BCUT2D eigenvalue weighted by molar-refractivity contribution is 0.365. The van der Waals surface area contributed by atoms with Gasteiger partial charge in [0.25, 0.3) is 0 Å². The normalized spacial score (nSPS) is 16.9. The van der Waals surface area contributed by atoms with Crippen LogP contribution in [0.3, 0.4) is 0 Å². The van der Waals surface area contributed by atoms with Crippen LogP contribution < -0.4 is 10.9 Å². The van der Waals surface area contributed by atoms with E-state index in [-0.39, 0.29) is 0 Å². The average molecular weight is 418 g/mol. The molecule has 0 N–H and O–H groups in total. The molecule has 7 rings (SSSR count). The maximum atomic E-state index is 6.10. The third-order valence-corrected chi connectivity index (χ3v) is 6.69. The maximum Gasteiger partial charge on any atom is 0.495 e. The Kier molecular flexibility index (Phi) is 4.27. The third kappa shape index (κ3) is 2.68. The molecule has 0 aromatic heterocycles. The zero-order valence-corrected chi connectivity index (χ0v) is 17.5. The smallest absolute Gasteiger partial charge is 0.405 e. The van der Waals surface area contributed by atoms with E-state index in [1.165, 1.54) is 21.5 Å². The fourth-order valence-corrected chi connectivity index (χ4v) is 5.38. The van der Waals surface area contributed by atoms with Crippen LogP contribution in [0.5, 0.6) is 0 Å². The molecule has 0 saturated carbocycles. The first-order valence-electron chi connectivity index (χ1n) is 11.2. The highest BCUT2D eigenvalue weighted by Crippen LogP contribution is 2.32. The van der Waals surface area contributed by atoms with Gasteiger partial charge in [0.2, 0.25) is 0 Å². The van der Waals surface area contributed by atoms with E-state index in [0.717, 1.165) is 32.5 Å². The molecule has 0 aliphatic carbocycles. The van der Waals surface area contributed by atoms with E-state index in [4.69, 9.17) is 18.6 Å². The third-order valence-electron chi connectivity index (χ3n) is 6.69. The molecule has 0 bridgehead atoms. The minimum absolute atomic E-state index is 0.397. The van der Waals surface area contributed by atoms with Gasteiger partial charge in [-0.25, -0.2) is 0 Å². The van der Waals surface area contributed by atoms with Gasteiger partial charge in [-0.1, -0.05) is 72.8 Å². The van der Waals surface area contributed by atoms with E-state index >= 15 is 0 Å². The Morgan fingerprint density at radius 3 is 1.28 bits per heavy atom. The largest absolute Gasteiger partial charge is 0.495 e. The van der Waals surface area contributed by atoms with Gasteiger partial charge in [0.1, 0.15) is 0 Å². The van der Waals surface area contributed by atoms with Crippen LogP contribution in [0.1, 0.15) is 0 Å². The molecule has 0 radical (unpaired) electrons. The summed E-state index contributed by atoms with van der Waals surface area (Å²) in [6.45, 7) is 2.40. The van der Waals surface area contributed by atoms with Crippen LogP contribution in [0, 0.1) is 0 Å². The summed E-state index contributed by atoms with van der Waals surface area (Å²) in [6.07, 6.45) is 0. The zero-order chi connectivity index (χ0) is 21.1. The second-order valence-corrected chi connectivity index (χ2v) is 8.39. The highest BCUT2D eigenvalue weighted by atomic mass is 16.6. The van der Waals surface area contributed by atoms with Crippen LogP contribution in [-0.2, 0) is 18.6 Å². The molecule has 5 aromatic rings. The lowest BCUT2D eigenvalue weighted by atomic mass is 9.65. The van der Waals surface area contributed by atoms with Crippen LogP contribution in [0.25, 0.3) is 43.1 Å². The predicted octanol–water partition coefficient (Wildman–Crippen LogP) is 3.78. The van der Waals surface area contributed by atoms with Crippen LogP contribution in [0.15, 0.2) is 72.8 Å². The van der Waals surface area contributed by atoms with Crippen molar-refractivity contribution in [3.8, 4) is 0 Å². The lowest BCUT2D eigenvalue weighted by Gasteiger charge is -2.21. The molecule has 2 aliphatic heterocycles. The standard InChI is InChI=1S/C26H20B2O4/c1-3-7-19-17(5-1)9-11-21-23(19)25(27-29-13-14-30-27)22-12-10-18-6-2-4-8-20(18)24(22)26(21)28-31-15-16-32-28/h1-12H,13-16H2. The first kappa shape index (κ1) is 18.7. The fraction of sp³-hybridized carbons (Fsp3) is 0.154. The summed E-state index contributed by atoms with van der Waals surface area (Å²) in [4.78, 5) is 0. The topological polar surface area (TPSA) is 36.9 Å². The van der Waals surface area contributed by atoms with Crippen molar-refractivity contribution in [2.75, 3.05) is 26.4 Å². The Morgan fingerprint density at radius 1 is 0.438 bits per heavy atom. The summed E-state index contributed by atoms with van der Waals surface area (Å²) in [5, 5.41) is 9.35. The summed E-state index contributed by atoms with van der Waals surface area (Å²) in [5.74, 6) is 0. The van der Waals surface area contributed by atoms with E-state index in [1.807, 2.05) is 0 Å². The van der Waals surface area contributed by atoms with E-state index in [9.17, 15) is 0 Å². The van der Waals surface area contributed by atoms with Crippen LogP contribution in [0.2, 0.25) is 0 Å². The zero-order valence-electron chi connectivity index (χ0n) is 17.5. The van der Waals surface area contributed by atoms with Crippen LogP contribution in [-0.4, -0.2) is 40.7 Å². The minimum atomic E-state index is -0.397. The Morgan fingerprint density at radius 2 is 0.844 bits per heavy atom. The molecule has 32 heavy (non-hydrogen) atoms. The summed E-state index contributed by atoms with van der Waals surface area (Å²) >= 11 is 0. The molecule has 2 heterocycles. The second-order valence-electron chi connectivity index (χ2n) is 8.39. The number of benzene rings is 5. The second kappa shape index (κ2) is 7.32. The Hall–Kier alpha value is -2.89. The van der Waals surface area contributed by atoms with Gasteiger partial charge in [0.05, 0.1) is 26.4 Å². The lowest BCUT2D eigenvalue weighted by Crippen LogP contribution is -2.39. The Labute approximate surface area is 186 Å². The van der Waals surface area contributed by atoms with Gasteiger partial charge < -0.3 is 18.6 Å². The van der Waals surface area contributed by atoms with Gasteiger partial charge in [0.15, 0.2) is 0 Å². The van der Waals surface area contributed by atoms with Crippen molar-refractivity contribution < 1.29 is 18.6 Å². The summed E-state index contributed by atoms with van der Waals surface area (Å²) in [5.41, 5.74) is 2.19. The molecule has 4 nitrogen and oxygen atoms in total. The molecule has 154 valence electrons. The van der Waals surface area contributed by atoms with Crippen molar-refractivity contribution in [1.82, 2.24) is 0 Å². The predicted molar refractivity (Wildman–Crippen MR) is 131 cm³/mol. The highest BCUT2D eigenvalue weighted by Gasteiger charge is 2.36. The van der Waals surface area contributed by atoms with Gasteiger partial charge >= 0.3 is 14.2 Å². The fourth-order valence-electron chi connectivity index (χ4n) is 5.38. The molecule has 6 heteroatoms. The van der Waals surface area contributed by atoms with Gasteiger partial charge in [0, 0.05) is 0 Å². The molecule has 0 unspecified atom stereocenters. The van der Waals surface area contributed by atoms with Crippen molar-refractivity contribution in [1.29, 1.82) is 0 Å². The van der Waals surface area contributed by atoms with Gasteiger partial charge in [-0.05, 0) is 54.0 Å². The van der Waals surface area contributed by atoms with Crippen LogP contribution >= 0.6 is 0 Å². The number of hydrogen-bond acceptors (Lipinski definition) is 4. The van der Waals surface area contributed by atoms with Gasteiger partial charge in [-0.2, -0.15) is 0 Å². The first-order chi connectivity index (χ1) is 15.9. The van der Waals surface area contributed by atoms with Crippen molar-refractivity contribution in [2.45, 2.75) is 0 Å². The van der Waals surface area contributed by atoms with Crippen molar-refractivity contribution in [3.63, 3.8) is 0 Å². The quantitative estimate of drug-likeness (QED) is 0.249. The molecule has 2 aliphatic rings. The maximum absolute atomic E-state index is 6.10. The van der Waals surface area contributed by atoms with Crippen LogP contribution in [0.4, 0.5) is 0 Å². The SMILES string of the molecule is c1ccc2c(c1)ccc1c(B3OCCO3)c3c(ccc4ccccc43)c(B3OCCO3)c12. The average Bonchev–Trinajstić information content (AvgIpc) is 3.57. The highest BCUT2D eigenvalue weighted by molar-refractivity contribution is 6.75. The molecule has 2 fully saturated rings. The van der Waals surface area contributed by atoms with E-state index < -0.39 is 14.2 Å². The molecule has 5 aromatic carbocycles. The molecule has 2 saturated heterocycles. The first-order valence-corrected chi connectivity index (χ1v) is 11.2. The molecule has 0 atom stereocenters. The minimum Gasteiger partial charge on any atom is -0.405 e.